The standard InChI is InChI=1S/C21H29N5O2/c1-2-25-14-6-7-18(25)15-22-20(27)21-23-19(24-28-21)16-8-10-17(11-9-16)26-12-4-3-5-13-26/h8-11,18H,2-7,12-15H2,1H3,(H,22,27)/t18-/m0/s1. The molecule has 1 atom stereocenters. The van der Waals surface area contributed by atoms with Crippen molar-refractivity contribution in [1.29, 1.82) is 0 Å². The zero-order valence-corrected chi connectivity index (χ0v) is 16.6. The number of nitrogens with one attached hydrogen (secondary N) is 1. The third-order valence-electron chi connectivity index (χ3n) is 5.87. The number of hydrogen-bond donors (Lipinski definition) is 1. The maximum Gasteiger partial charge on any atom is 0.316 e. The van der Waals surface area contributed by atoms with Gasteiger partial charge in [0.2, 0.25) is 5.82 Å². The summed E-state index contributed by atoms with van der Waals surface area (Å²) in [6.45, 7) is 7.12. The van der Waals surface area contributed by atoms with Gasteiger partial charge >= 0.3 is 11.8 Å². The monoisotopic (exact) mass is 383 g/mol. The van der Waals surface area contributed by atoms with E-state index in [1.165, 1.54) is 31.4 Å². The van der Waals surface area contributed by atoms with Crippen LogP contribution in [0.15, 0.2) is 28.8 Å². The highest BCUT2D eigenvalue weighted by Crippen LogP contribution is 2.24. The Bertz CT molecular complexity index is 782. The summed E-state index contributed by atoms with van der Waals surface area (Å²) < 4.78 is 5.20. The lowest BCUT2D eigenvalue weighted by atomic mass is 10.1. The molecule has 4 rings (SSSR count). The van der Waals surface area contributed by atoms with Gasteiger partial charge in [0.25, 0.3) is 0 Å². The number of amides is 1. The van der Waals surface area contributed by atoms with Gasteiger partial charge in [-0.15, -0.1) is 0 Å². The van der Waals surface area contributed by atoms with E-state index in [1.54, 1.807) is 0 Å². The highest BCUT2D eigenvalue weighted by molar-refractivity contribution is 5.89. The number of aromatic nitrogens is 2. The van der Waals surface area contributed by atoms with Crippen LogP contribution in [0.4, 0.5) is 5.69 Å². The van der Waals surface area contributed by atoms with Gasteiger partial charge in [-0.05, 0) is 69.5 Å². The van der Waals surface area contributed by atoms with Gasteiger partial charge in [-0.25, -0.2) is 0 Å². The Morgan fingerprint density at radius 3 is 2.68 bits per heavy atom. The van der Waals surface area contributed by atoms with E-state index in [0.717, 1.165) is 38.2 Å². The molecule has 2 aromatic rings. The number of likely N-dealkylation sites (tertiary alicyclic amines) is 1. The van der Waals surface area contributed by atoms with Crippen LogP contribution in [0.1, 0.15) is 49.7 Å². The van der Waals surface area contributed by atoms with Crippen molar-refractivity contribution in [2.75, 3.05) is 37.6 Å². The summed E-state index contributed by atoms with van der Waals surface area (Å²) in [5.41, 5.74) is 2.08. The van der Waals surface area contributed by atoms with Gasteiger partial charge in [-0.3, -0.25) is 9.69 Å². The molecule has 1 aromatic carbocycles. The van der Waals surface area contributed by atoms with E-state index in [-0.39, 0.29) is 11.8 Å². The van der Waals surface area contributed by atoms with E-state index < -0.39 is 0 Å². The quantitative estimate of drug-likeness (QED) is 0.827. The van der Waals surface area contributed by atoms with E-state index in [9.17, 15) is 4.79 Å². The number of benzene rings is 1. The minimum Gasteiger partial charge on any atom is -0.372 e. The average molecular weight is 383 g/mol. The Hall–Kier alpha value is -2.41. The molecule has 1 amide bonds. The summed E-state index contributed by atoms with van der Waals surface area (Å²) in [6, 6.07) is 8.58. The van der Waals surface area contributed by atoms with E-state index in [4.69, 9.17) is 4.52 Å². The minimum absolute atomic E-state index is 0.0242. The van der Waals surface area contributed by atoms with Crippen LogP contribution in [0.25, 0.3) is 11.4 Å². The Labute approximate surface area is 166 Å². The molecule has 1 aromatic heterocycles. The molecule has 2 saturated heterocycles. The predicted octanol–water partition coefficient (Wildman–Crippen LogP) is 2.94. The van der Waals surface area contributed by atoms with E-state index in [0.29, 0.717) is 18.4 Å². The van der Waals surface area contributed by atoms with Crippen molar-refractivity contribution in [3.8, 4) is 11.4 Å². The van der Waals surface area contributed by atoms with Crippen molar-refractivity contribution < 1.29 is 9.32 Å². The van der Waals surface area contributed by atoms with Gasteiger partial charge in [0.1, 0.15) is 0 Å². The van der Waals surface area contributed by atoms with Crippen LogP contribution < -0.4 is 10.2 Å². The molecular formula is C21H29N5O2. The summed E-state index contributed by atoms with van der Waals surface area (Å²) in [4.78, 5) is 21.5. The van der Waals surface area contributed by atoms with Crippen LogP contribution in [-0.2, 0) is 0 Å². The summed E-state index contributed by atoms with van der Waals surface area (Å²) in [5, 5.41) is 6.93. The molecule has 1 N–H and O–H groups in total. The molecule has 2 fully saturated rings. The molecule has 7 heteroatoms. The maximum atomic E-state index is 12.4. The summed E-state index contributed by atoms with van der Waals surface area (Å²) in [6.07, 6.45) is 6.13. The maximum absolute atomic E-state index is 12.4. The Balaban J connectivity index is 1.36. The number of likely N-dealkylation sites (N-methyl/N-ethyl adjacent to an activating group) is 1. The summed E-state index contributed by atoms with van der Waals surface area (Å²) in [5.74, 6) is 0.175. The molecular weight excluding hydrogens is 354 g/mol. The van der Waals surface area contributed by atoms with Crippen LogP contribution in [0, 0.1) is 0 Å². The summed E-state index contributed by atoms with van der Waals surface area (Å²) >= 11 is 0. The molecule has 0 bridgehead atoms. The van der Waals surface area contributed by atoms with Crippen LogP contribution in [0.2, 0.25) is 0 Å². The molecule has 2 aliphatic rings. The molecule has 150 valence electrons. The fraction of sp³-hybridized carbons (Fsp3) is 0.571. The van der Waals surface area contributed by atoms with Gasteiger partial charge < -0.3 is 14.7 Å². The van der Waals surface area contributed by atoms with Crippen molar-refractivity contribution in [3.05, 3.63) is 30.2 Å². The first-order valence-electron chi connectivity index (χ1n) is 10.5. The van der Waals surface area contributed by atoms with Crippen LogP contribution in [0.3, 0.4) is 0 Å². The highest BCUT2D eigenvalue weighted by atomic mass is 16.5. The zero-order chi connectivity index (χ0) is 19.3. The summed E-state index contributed by atoms with van der Waals surface area (Å²) in [7, 11) is 0. The SMILES string of the molecule is CCN1CCC[C@H]1CNC(=O)c1nc(-c2ccc(N3CCCCC3)cc2)no1. The largest absolute Gasteiger partial charge is 0.372 e. The van der Waals surface area contributed by atoms with Crippen LogP contribution in [-0.4, -0.2) is 59.7 Å². The number of piperidine rings is 1. The van der Waals surface area contributed by atoms with E-state index in [2.05, 4.69) is 44.3 Å². The number of rotatable bonds is 6. The smallest absolute Gasteiger partial charge is 0.316 e. The third kappa shape index (κ3) is 4.19. The first-order valence-corrected chi connectivity index (χ1v) is 10.5. The number of nitrogens with zero attached hydrogens (tertiary/aromatic N) is 4. The second-order valence-corrected chi connectivity index (χ2v) is 7.65. The highest BCUT2D eigenvalue weighted by Gasteiger charge is 2.24. The van der Waals surface area contributed by atoms with Crippen molar-refractivity contribution in [2.45, 2.75) is 45.1 Å². The zero-order valence-electron chi connectivity index (χ0n) is 16.6. The van der Waals surface area contributed by atoms with Gasteiger partial charge in [0.05, 0.1) is 0 Å². The molecule has 28 heavy (non-hydrogen) atoms. The Morgan fingerprint density at radius 2 is 1.93 bits per heavy atom. The minimum atomic E-state index is -0.299. The van der Waals surface area contributed by atoms with Crippen LogP contribution >= 0.6 is 0 Å². The number of hydrogen-bond acceptors (Lipinski definition) is 6. The molecule has 0 unspecified atom stereocenters. The first-order chi connectivity index (χ1) is 13.7. The predicted molar refractivity (Wildman–Crippen MR) is 108 cm³/mol. The average Bonchev–Trinajstić information content (AvgIpc) is 3.42. The topological polar surface area (TPSA) is 74.5 Å². The Morgan fingerprint density at radius 1 is 1.14 bits per heavy atom. The molecule has 0 radical (unpaired) electrons. The normalized spacial score (nSPS) is 20.5. The molecule has 0 aliphatic carbocycles. The van der Waals surface area contributed by atoms with Gasteiger partial charge in [0.15, 0.2) is 0 Å². The van der Waals surface area contributed by atoms with Gasteiger partial charge in [0, 0.05) is 36.9 Å². The molecule has 7 nitrogen and oxygen atoms in total. The molecule has 0 saturated carbocycles. The number of carbonyl (C=O) groups excluding carboxylic acids is 1. The van der Waals surface area contributed by atoms with Crippen molar-refractivity contribution in [3.63, 3.8) is 0 Å². The second-order valence-electron chi connectivity index (χ2n) is 7.65. The van der Waals surface area contributed by atoms with Crippen molar-refractivity contribution in [1.82, 2.24) is 20.4 Å². The lowest BCUT2D eigenvalue weighted by Gasteiger charge is -2.28. The molecule has 3 heterocycles. The second kappa shape index (κ2) is 8.73. The van der Waals surface area contributed by atoms with Crippen LogP contribution in [0.5, 0.6) is 0 Å². The fourth-order valence-corrected chi connectivity index (χ4v) is 4.24. The first kappa shape index (κ1) is 18.9. The van der Waals surface area contributed by atoms with Crippen molar-refractivity contribution >= 4 is 11.6 Å². The third-order valence-corrected chi connectivity index (χ3v) is 5.87. The van der Waals surface area contributed by atoms with E-state index >= 15 is 0 Å². The van der Waals surface area contributed by atoms with E-state index in [1.807, 2.05) is 12.1 Å². The molecule has 2 aliphatic heterocycles. The number of anilines is 1. The number of carbonyl (C=O) groups is 1. The lowest BCUT2D eigenvalue weighted by Crippen LogP contribution is -2.40. The fourth-order valence-electron chi connectivity index (χ4n) is 4.24. The van der Waals surface area contributed by atoms with Gasteiger partial charge in [-0.2, -0.15) is 4.98 Å². The van der Waals surface area contributed by atoms with Gasteiger partial charge in [-0.1, -0.05) is 12.1 Å². The van der Waals surface area contributed by atoms with Crippen molar-refractivity contribution in [2.24, 2.45) is 0 Å². The molecule has 0 spiro atoms. The Kier molecular flexibility index (Phi) is 5.90. The lowest BCUT2D eigenvalue weighted by molar-refractivity contribution is 0.0897.